The molecule has 1 aliphatic carbocycles. The molecule has 6 heteroatoms. The Hall–Kier alpha value is -0.850. The van der Waals surface area contributed by atoms with E-state index in [0.29, 0.717) is 31.8 Å². The number of methoxy groups -OCH3 is 1. The molecule has 112 valence electrons. The predicted octanol–water partition coefficient (Wildman–Crippen LogP) is 0.781. The molecule has 0 aromatic heterocycles. The van der Waals surface area contributed by atoms with Crippen molar-refractivity contribution < 1.29 is 9.47 Å². The van der Waals surface area contributed by atoms with Crippen LogP contribution in [0.25, 0.3) is 0 Å². The lowest BCUT2D eigenvalue weighted by atomic mass is 9.98. The van der Waals surface area contributed by atoms with Crippen molar-refractivity contribution >= 4 is 5.96 Å². The van der Waals surface area contributed by atoms with Crippen LogP contribution in [0.15, 0.2) is 4.99 Å². The first-order chi connectivity index (χ1) is 9.36. The minimum absolute atomic E-state index is 0.448. The van der Waals surface area contributed by atoms with Crippen molar-refractivity contribution in [2.24, 2.45) is 10.8 Å². The molecule has 0 amide bonds. The quantitative estimate of drug-likeness (QED) is 0.200. The Balaban J connectivity index is 2.04. The Morgan fingerprint density at radius 1 is 1.26 bits per heavy atom. The van der Waals surface area contributed by atoms with Crippen LogP contribution in [0.2, 0.25) is 0 Å². The third kappa shape index (κ3) is 8.02. The molecule has 1 fully saturated rings. The van der Waals surface area contributed by atoms with Gasteiger partial charge in [0.15, 0.2) is 0 Å². The maximum absolute atomic E-state index is 5.81. The van der Waals surface area contributed by atoms with Crippen LogP contribution in [-0.4, -0.2) is 45.5 Å². The first kappa shape index (κ1) is 16.2. The number of aliphatic imine (C=N–C) groups is 1. The van der Waals surface area contributed by atoms with Crippen LogP contribution in [0.5, 0.6) is 0 Å². The fourth-order valence-corrected chi connectivity index (χ4v) is 2.18. The summed E-state index contributed by atoms with van der Waals surface area (Å²) in [6.07, 6.45) is 7.70. The molecule has 0 unspecified atom stereocenters. The number of rotatable bonds is 8. The van der Waals surface area contributed by atoms with Gasteiger partial charge in [-0.25, -0.2) is 5.84 Å². The number of nitrogens with one attached hydrogen (secondary N) is 2. The van der Waals surface area contributed by atoms with Crippen LogP contribution < -0.4 is 16.6 Å². The van der Waals surface area contributed by atoms with Crippen molar-refractivity contribution in [1.82, 2.24) is 10.7 Å². The van der Waals surface area contributed by atoms with Crippen molar-refractivity contribution in [2.75, 3.05) is 33.4 Å². The van der Waals surface area contributed by atoms with Gasteiger partial charge >= 0.3 is 0 Å². The molecule has 0 saturated heterocycles. The molecule has 4 N–H and O–H groups in total. The van der Waals surface area contributed by atoms with Gasteiger partial charge in [-0.1, -0.05) is 19.3 Å². The smallest absolute Gasteiger partial charge is 0.205 e. The van der Waals surface area contributed by atoms with Crippen molar-refractivity contribution in [3.63, 3.8) is 0 Å². The number of hydrogen-bond acceptors (Lipinski definition) is 4. The van der Waals surface area contributed by atoms with Crippen LogP contribution in [0.4, 0.5) is 0 Å². The van der Waals surface area contributed by atoms with Gasteiger partial charge in [-0.3, -0.25) is 10.4 Å². The van der Waals surface area contributed by atoms with Gasteiger partial charge in [-0.2, -0.15) is 0 Å². The third-order valence-electron chi connectivity index (χ3n) is 3.21. The molecule has 0 heterocycles. The second-order valence-corrected chi connectivity index (χ2v) is 4.78. The van der Waals surface area contributed by atoms with Crippen LogP contribution in [0, 0.1) is 0 Å². The number of ether oxygens (including phenoxy) is 2. The van der Waals surface area contributed by atoms with Crippen molar-refractivity contribution in [3.05, 3.63) is 0 Å². The molecule has 1 saturated carbocycles. The summed E-state index contributed by atoms with van der Waals surface area (Å²) in [6.45, 7) is 2.84. The fourth-order valence-electron chi connectivity index (χ4n) is 2.18. The molecule has 0 aromatic carbocycles. The third-order valence-corrected chi connectivity index (χ3v) is 3.21. The molecule has 0 aromatic rings. The lowest BCUT2D eigenvalue weighted by Gasteiger charge is -2.22. The molecule has 0 atom stereocenters. The summed E-state index contributed by atoms with van der Waals surface area (Å²) in [5, 5.41) is 3.13. The van der Waals surface area contributed by atoms with Crippen LogP contribution in [-0.2, 0) is 9.47 Å². The molecule has 0 spiro atoms. The number of hydrogen-bond donors (Lipinski definition) is 3. The highest BCUT2D eigenvalue weighted by atomic mass is 16.5. The highest BCUT2D eigenvalue weighted by Crippen LogP contribution is 2.19. The summed E-state index contributed by atoms with van der Waals surface area (Å²) >= 11 is 0. The summed E-state index contributed by atoms with van der Waals surface area (Å²) in [6, 6.07) is 0. The van der Waals surface area contributed by atoms with E-state index in [1.165, 1.54) is 32.1 Å². The Morgan fingerprint density at radius 3 is 2.74 bits per heavy atom. The second kappa shape index (κ2) is 11.0. The first-order valence-electron chi connectivity index (χ1n) is 7.22. The number of nitrogens with zero attached hydrogens (tertiary/aromatic N) is 1. The largest absolute Gasteiger partial charge is 0.385 e. The van der Waals surface area contributed by atoms with Gasteiger partial charge in [0.2, 0.25) is 5.96 Å². The summed E-state index contributed by atoms with van der Waals surface area (Å²) in [4.78, 5) is 4.30. The van der Waals surface area contributed by atoms with E-state index in [-0.39, 0.29) is 0 Å². The molecular weight excluding hydrogens is 244 g/mol. The minimum Gasteiger partial charge on any atom is -0.385 e. The average Bonchev–Trinajstić information content (AvgIpc) is 2.46. The van der Waals surface area contributed by atoms with Crippen molar-refractivity contribution in [3.8, 4) is 0 Å². The highest BCUT2D eigenvalue weighted by Gasteiger charge is 2.12. The van der Waals surface area contributed by atoms with Gasteiger partial charge in [0.1, 0.15) is 0 Å². The Morgan fingerprint density at radius 2 is 2.05 bits per heavy atom. The zero-order valence-electron chi connectivity index (χ0n) is 12.0. The molecule has 0 bridgehead atoms. The van der Waals surface area contributed by atoms with Gasteiger partial charge in [0.25, 0.3) is 0 Å². The molecule has 1 rings (SSSR count). The zero-order valence-corrected chi connectivity index (χ0v) is 12.0. The summed E-state index contributed by atoms with van der Waals surface area (Å²) in [5.74, 6) is 6.01. The van der Waals surface area contributed by atoms with Gasteiger partial charge in [-0.05, 0) is 19.3 Å². The normalized spacial score (nSPS) is 17.5. The fraction of sp³-hybridized carbons (Fsp3) is 0.923. The lowest BCUT2D eigenvalue weighted by molar-refractivity contribution is 0.0317. The maximum atomic E-state index is 5.81. The Labute approximate surface area is 116 Å². The standard InChI is InChI=1S/C13H28N4O2/c1-18-10-5-8-15-13(17-14)16-9-11-19-12-6-3-2-4-7-12/h12H,2-11,14H2,1H3,(H2,15,16,17). The van der Waals surface area contributed by atoms with E-state index >= 15 is 0 Å². The average molecular weight is 272 g/mol. The topological polar surface area (TPSA) is 80.9 Å². The Bertz CT molecular complexity index is 243. The molecule has 0 aliphatic heterocycles. The second-order valence-electron chi connectivity index (χ2n) is 4.78. The van der Waals surface area contributed by atoms with E-state index in [4.69, 9.17) is 15.3 Å². The van der Waals surface area contributed by atoms with E-state index in [0.717, 1.165) is 13.0 Å². The van der Waals surface area contributed by atoms with Crippen LogP contribution >= 0.6 is 0 Å². The van der Waals surface area contributed by atoms with E-state index < -0.39 is 0 Å². The van der Waals surface area contributed by atoms with Crippen molar-refractivity contribution in [1.29, 1.82) is 0 Å². The monoisotopic (exact) mass is 272 g/mol. The first-order valence-corrected chi connectivity index (χ1v) is 7.22. The van der Waals surface area contributed by atoms with Crippen LogP contribution in [0.3, 0.4) is 0 Å². The number of guanidine groups is 1. The maximum Gasteiger partial charge on any atom is 0.205 e. The van der Waals surface area contributed by atoms with Crippen molar-refractivity contribution in [2.45, 2.75) is 44.6 Å². The number of hydrazine groups is 1. The summed E-state index contributed by atoms with van der Waals surface area (Å²) in [7, 11) is 1.69. The van der Waals surface area contributed by atoms with E-state index in [1.807, 2.05) is 0 Å². The van der Waals surface area contributed by atoms with Gasteiger partial charge < -0.3 is 14.8 Å². The molecule has 0 radical (unpaired) electrons. The molecule has 6 nitrogen and oxygen atoms in total. The zero-order chi connectivity index (χ0) is 13.8. The van der Waals surface area contributed by atoms with E-state index in [1.54, 1.807) is 7.11 Å². The highest BCUT2D eigenvalue weighted by molar-refractivity contribution is 5.79. The minimum atomic E-state index is 0.448. The predicted molar refractivity (Wildman–Crippen MR) is 76.9 cm³/mol. The summed E-state index contributed by atoms with van der Waals surface area (Å²) in [5.41, 5.74) is 2.56. The van der Waals surface area contributed by atoms with Crippen LogP contribution in [0.1, 0.15) is 38.5 Å². The summed E-state index contributed by atoms with van der Waals surface area (Å²) < 4.78 is 10.8. The van der Waals surface area contributed by atoms with E-state index in [2.05, 4.69) is 15.7 Å². The molecule has 19 heavy (non-hydrogen) atoms. The number of nitrogens with two attached hydrogens (primary N) is 1. The van der Waals surface area contributed by atoms with Gasteiger partial charge in [-0.15, -0.1) is 0 Å². The van der Waals surface area contributed by atoms with E-state index in [9.17, 15) is 0 Å². The molecular formula is C13H28N4O2. The Kier molecular flexibility index (Phi) is 9.40. The van der Waals surface area contributed by atoms with Gasteiger partial charge in [0.05, 0.1) is 12.7 Å². The van der Waals surface area contributed by atoms with Gasteiger partial charge in [0, 0.05) is 26.8 Å². The molecule has 1 aliphatic rings. The lowest BCUT2D eigenvalue weighted by Crippen LogP contribution is -2.43. The SMILES string of the molecule is COCCCN=C(NN)NCCOC1CCCCC1.